The van der Waals surface area contributed by atoms with E-state index in [4.69, 9.17) is 16.3 Å². The van der Waals surface area contributed by atoms with Gasteiger partial charge in [0.2, 0.25) is 5.28 Å². The summed E-state index contributed by atoms with van der Waals surface area (Å²) >= 11 is 5.72. The van der Waals surface area contributed by atoms with E-state index in [2.05, 4.69) is 15.0 Å². The Balaban J connectivity index is 2.49. The van der Waals surface area contributed by atoms with Gasteiger partial charge in [0.1, 0.15) is 0 Å². The maximum atomic E-state index is 13.0. The molecular weight excluding hydrogens is 307 g/mol. The molecule has 21 heavy (non-hydrogen) atoms. The van der Waals surface area contributed by atoms with Crippen molar-refractivity contribution in [2.75, 3.05) is 6.61 Å². The van der Waals surface area contributed by atoms with Crippen molar-refractivity contribution in [3.05, 3.63) is 35.1 Å². The second-order valence-electron chi connectivity index (χ2n) is 4.10. The molecule has 2 rings (SSSR count). The van der Waals surface area contributed by atoms with Crippen molar-refractivity contribution in [1.29, 1.82) is 0 Å². The average molecular weight is 318 g/mol. The summed E-state index contributed by atoms with van der Waals surface area (Å²) in [6.45, 7) is 2.21. The zero-order chi connectivity index (χ0) is 15.5. The molecule has 1 heterocycles. The number of aromatic nitrogens is 3. The molecule has 2 aromatic rings. The van der Waals surface area contributed by atoms with Crippen LogP contribution in [0.25, 0.3) is 11.4 Å². The number of ether oxygens (including phenoxy) is 1. The van der Waals surface area contributed by atoms with E-state index >= 15 is 0 Å². The Bertz CT molecular complexity index is 634. The van der Waals surface area contributed by atoms with Crippen molar-refractivity contribution in [2.24, 2.45) is 0 Å². The largest absolute Gasteiger partial charge is 0.463 e. The fourth-order valence-electron chi connectivity index (χ4n) is 1.64. The molecule has 0 spiro atoms. The van der Waals surface area contributed by atoms with Crippen LogP contribution in [0.1, 0.15) is 18.9 Å². The quantitative estimate of drug-likeness (QED) is 0.855. The maximum absolute atomic E-state index is 13.0. The van der Waals surface area contributed by atoms with E-state index < -0.39 is 11.7 Å². The number of alkyl halides is 3. The Morgan fingerprint density at radius 1 is 1.14 bits per heavy atom. The van der Waals surface area contributed by atoms with Crippen molar-refractivity contribution in [2.45, 2.75) is 19.5 Å². The highest BCUT2D eigenvalue weighted by Gasteiger charge is 2.34. The van der Waals surface area contributed by atoms with Crippen LogP contribution in [0, 0.1) is 0 Å². The molecule has 8 heteroatoms. The standard InChI is InChI=1S/C13H11ClF3N3O/c1-2-7-21-12-19-10(18-11(14)20-12)8-5-3-4-6-9(8)13(15,16)17/h3-6H,2,7H2,1H3. The summed E-state index contributed by atoms with van der Waals surface area (Å²) in [4.78, 5) is 11.4. The van der Waals surface area contributed by atoms with Crippen LogP contribution in [0.5, 0.6) is 6.01 Å². The number of nitrogens with zero attached hydrogens (tertiary/aromatic N) is 3. The molecule has 0 saturated carbocycles. The Labute approximate surface area is 124 Å². The zero-order valence-corrected chi connectivity index (χ0v) is 11.7. The summed E-state index contributed by atoms with van der Waals surface area (Å²) in [5.74, 6) is -0.172. The monoisotopic (exact) mass is 317 g/mol. The van der Waals surface area contributed by atoms with Crippen LogP contribution < -0.4 is 4.74 Å². The van der Waals surface area contributed by atoms with E-state index in [0.29, 0.717) is 13.0 Å². The lowest BCUT2D eigenvalue weighted by Crippen LogP contribution is -2.09. The lowest BCUT2D eigenvalue weighted by molar-refractivity contribution is -0.137. The van der Waals surface area contributed by atoms with E-state index in [0.717, 1.165) is 6.07 Å². The third-order valence-electron chi connectivity index (χ3n) is 2.50. The van der Waals surface area contributed by atoms with E-state index in [-0.39, 0.29) is 22.7 Å². The number of rotatable bonds is 4. The molecule has 0 amide bonds. The first-order valence-electron chi connectivity index (χ1n) is 6.12. The maximum Gasteiger partial charge on any atom is 0.417 e. The van der Waals surface area contributed by atoms with Crippen LogP contribution >= 0.6 is 11.6 Å². The number of halogens is 4. The Morgan fingerprint density at radius 2 is 1.86 bits per heavy atom. The summed E-state index contributed by atoms with van der Waals surface area (Å²) in [7, 11) is 0. The van der Waals surface area contributed by atoms with Gasteiger partial charge in [-0.3, -0.25) is 0 Å². The van der Waals surface area contributed by atoms with Crippen LogP contribution in [-0.2, 0) is 6.18 Å². The van der Waals surface area contributed by atoms with Crippen LogP contribution in [0.15, 0.2) is 24.3 Å². The topological polar surface area (TPSA) is 47.9 Å². The molecule has 0 radical (unpaired) electrons. The molecule has 0 aliphatic rings. The third kappa shape index (κ3) is 3.81. The first-order valence-corrected chi connectivity index (χ1v) is 6.50. The Kier molecular flexibility index (Phi) is 4.62. The summed E-state index contributed by atoms with van der Waals surface area (Å²) in [6.07, 6.45) is -3.81. The first kappa shape index (κ1) is 15.5. The molecule has 4 nitrogen and oxygen atoms in total. The van der Waals surface area contributed by atoms with Gasteiger partial charge >= 0.3 is 12.2 Å². The van der Waals surface area contributed by atoms with E-state index in [1.807, 2.05) is 6.92 Å². The molecule has 0 bridgehead atoms. The smallest absolute Gasteiger partial charge is 0.417 e. The highest BCUT2D eigenvalue weighted by Crippen LogP contribution is 2.36. The molecule has 0 unspecified atom stereocenters. The van der Waals surface area contributed by atoms with Gasteiger partial charge in [-0.15, -0.1) is 0 Å². The summed E-state index contributed by atoms with van der Waals surface area (Å²) in [6, 6.07) is 4.90. The van der Waals surface area contributed by atoms with Crippen LogP contribution in [0.3, 0.4) is 0 Å². The molecular formula is C13H11ClF3N3O. The predicted octanol–water partition coefficient (Wildman–Crippen LogP) is 4.00. The van der Waals surface area contributed by atoms with Crippen LogP contribution in [0.2, 0.25) is 5.28 Å². The summed E-state index contributed by atoms with van der Waals surface area (Å²) in [5, 5.41) is -0.219. The van der Waals surface area contributed by atoms with Gasteiger partial charge in [-0.1, -0.05) is 25.1 Å². The van der Waals surface area contributed by atoms with Gasteiger partial charge in [0.05, 0.1) is 12.2 Å². The van der Waals surface area contributed by atoms with Gasteiger partial charge < -0.3 is 4.74 Å². The minimum absolute atomic E-state index is 0.0937. The van der Waals surface area contributed by atoms with E-state index in [1.165, 1.54) is 18.2 Å². The highest BCUT2D eigenvalue weighted by molar-refractivity contribution is 6.28. The summed E-state index contributed by atoms with van der Waals surface area (Å²) < 4.78 is 44.2. The minimum atomic E-state index is -4.51. The Hall–Kier alpha value is -1.89. The van der Waals surface area contributed by atoms with Crippen LogP contribution in [-0.4, -0.2) is 21.6 Å². The van der Waals surface area contributed by atoms with Crippen molar-refractivity contribution < 1.29 is 17.9 Å². The normalized spacial score (nSPS) is 11.5. The van der Waals surface area contributed by atoms with Gasteiger partial charge in [0, 0.05) is 5.56 Å². The van der Waals surface area contributed by atoms with Crippen molar-refractivity contribution in [3.63, 3.8) is 0 Å². The first-order chi connectivity index (χ1) is 9.91. The van der Waals surface area contributed by atoms with Gasteiger partial charge in [0.15, 0.2) is 5.82 Å². The molecule has 0 atom stereocenters. The third-order valence-corrected chi connectivity index (χ3v) is 2.67. The SMILES string of the molecule is CCCOc1nc(Cl)nc(-c2ccccc2C(F)(F)F)n1. The second kappa shape index (κ2) is 6.26. The van der Waals surface area contributed by atoms with Crippen molar-refractivity contribution in [1.82, 2.24) is 15.0 Å². The number of hydrogen-bond acceptors (Lipinski definition) is 4. The molecule has 1 aromatic carbocycles. The number of benzene rings is 1. The molecule has 1 aromatic heterocycles. The zero-order valence-electron chi connectivity index (χ0n) is 11.0. The molecule has 112 valence electrons. The van der Waals surface area contributed by atoms with E-state index in [1.54, 1.807) is 0 Å². The summed E-state index contributed by atoms with van der Waals surface area (Å²) in [5.41, 5.74) is -1.01. The van der Waals surface area contributed by atoms with Gasteiger partial charge in [-0.2, -0.15) is 28.1 Å². The van der Waals surface area contributed by atoms with Gasteiger partial charge in [-0.05, 0) is 24.1 Å². The lowest BCUT2D eigenvalue weighted by atomic mass is 10.1. The number of hydrogen-bond donors (Lipinski definition) is 0. The predicted molar refractivity (Wildman–Crippen MR) is 71.1 cm³/mol. The molecule has 0 N–H and O–H groups in total. The highest BCUT2D eigenvalue weighted by atomic mass is 35.5. The fraction of sp³-hybridized carbons (Fsp3) is 0.308. The minimum Gasteiger partial charge on any atom is -0.463 e. The van der Waals surface area contributed by atoms with E-state index in [9.17, 15) is 13.2 Å². The van der Waals surface area contributed by atoms with Gasteiger partial charge in [0.25, 0.3) is 0 Å². The average Bonchev–Trinajstić information content (AvgIpc) is 2.43. The lowest BCUT2D eigenvalue weighted by Gasteiger charge is -2.12. The molecule has 0 saturated heterocycles. The fourth-order valence-corrected chi connectivity index (χ4v) is 1.79. The van der Waals surface area contributed by atoms with Gasteiger partial charge in [-0.25, -0.2) is 0 Å². The van der Waals surface area contributed by atoms with Crippen molar-refractivity contribution >= 4 is 11.6 Å². The second-order valence-corrected chi connectivity index (χ2v) is 4.44. The molecule has 0 aliphatic carbocycles. The molecule has 0 aliphatic heterocycles. The van der Waals surface area contributed by atoms with Crippen LogP contribution in [0.4, 0.5) is 13.2 Å². The Morgan fingerprint density at radius 3 is 2.52 bits per heavy atom. The van der Waals surface area contributed by atoms with Crippen molar-refractivity contribution in [3.8, 4) is 17.4 Å². The molecule has 0 fully saturated rings.